The highest BCUT2D eigenvalue weighted by Gasteiger charge is 2.33. The Morgan fingerprint density at radius 1 is 1.06 bits per heavy atom. The van der Waals surface area contributed by atoms with Crippen molar-refractivity contribution in [3.63, 3.8) is 0 Å². The van der Waals surface area contributed by atoms with Gasteiger partial charge in [0.05, 0.1) is 5.69 Å². The van der Waals surface area contributed by atoms with Crippen LogP contribution >= 0.6 is 0 Å². The first-order valence-corrected chi connectivity index (χ1v) is 11.4. The molecule has 1 unspecified atom stereocenters. The maximum absolute atomic E-state index is 14.5. The summed E-state index contributed by atoms with van der Waals surface area (Å²) in [6.07, 6.45) is 0. The number of nitrogens with one attached hydrogen (secondary N) is 1. The van der Waals surface area contributed by atoms with Crippen LogP contribution in [-0.4, -0.2) is 63.2 Å². The Bertz CT molecular complexity index is 1080. The van der Waals surface area contributed by atoms with Crippen molar-refractivity contribution in [1.82, 2.24) is 14.5 Å². The molecular formula is C22H29FN4O4S. The lowest BCUT2D eigenvalue weighted by atomic mass is 10.1. The largest absolute Gasteiger partial charge is 0.357 e. The van der Waals surface area contributed by atoms with E-state index in [1.165, 1.54) is 44.2 Å². The number of likely N-dealkylation sites (N-methyl/N-ethyl adjacent to an activating group) is 1. The Kier molecular flexibility index (Phi) is 8.34. The summed E-state index contributed by atoms with van der Waals surface area (Å²) >= 11 is 0. The number of para-hydroxylation sites is 1. The molecule has 1 atom stereocenters. The van der Waals surface area contributed by atoms with Crippen molar-refractivity contribution in [3.8, 4) is 0 Å². The predicted octanol–water partition coefficient (Wildman–Crippen LogP) is 1.91. The molecule has 0 aliphatic rings. The molecule has 0 aliphatic heterocycles. The van der Waals surface area contributed by atoms with Gasteiger partial charge in [-0.1, -0.05) is 36.4 Å². The molecule has 0 fully saturated rings. The molecule has 32 heavy (non-hydrogen) atoms. The van der Waals surface area contributed by atoms with Crippen molar-refractivity contribution in [2.24, 2.45) is 0 Å². The molecule has 0 saturated carbocycles. The van der Waals surface area contributed by atoms with E-state index in [9.17, 15) is 22.4 Å². The molecule has 0 aliphatic carbocycles. The molecule has 2 rings (SSSR count). The fourth-order valence-corrected chi connectivity index (χ4v) is 4.18. The van der Waals surface area contributed by atoms with Crippen molar-refractivity contribution >= 4 is 27.7 Å². The molecule has 8 nitrogen and oxygen atoms in total. The molecule has 0 bridgehead atoms. The Balaban J connectivity index is 2.48. The third kappa shape index (κ3) is 5.63. The highest BCUT2D eigenvalue weighted by molar-refractivity contribution is 7.90. The van der Waals surface area contributed by atoms with Crippen LogP contribution < -0.4 is 9.62 Å². The van der Waals surface area contributed by atoms with Crippen LogP contribution in [0, 0.1) is 12.7 Å². The van der Waals surface area contributed by atoms with E-state index in [0.717, 1.165) is 21.5 Å². The number of halogens is 1. The summed E-state index contributed by atoms with van der Waals surface area (Å²) in [6, 6.07) is 11.8. The summed E-state index contributed by atoms with van der Waals surface area (Å²) in [5, 5.41) is 2.51. The second-order valence-electron chi connectivity index (χ2n) is 7.49. The van der Waals surface area contributed by atoms with Crippen LogP contribution in [-0.2, 0) is 26.3 Å². The summed E-state index contributed by atoms with van der Waals surface area (Å²) in [7, 11) is -0.146. The zero-order valence-electron chi connectivity index (χ0n) is 18.9. The Morgan fingerprint density at radius 2 is 1.66 bits per heavy atom. The van der Waals surface area contributed by atoms with E-state index in [0.29, 0.717) is 4.31 Å². The van der Waals surface area contributed by atoms with Crippen LogP contribution in [0.3, 0.4) is 0 Å². The molecule has 2 aromatic carbocycles. The van der Waals surface area contributed by atoms with E-state index in [4.69, 9.17) is 0 Å². The molecule has 1 N–H and O–H groups in total. The molecule has 2 aromatic rings. The van der Waals surface area contributed by atoms with Crippen LogP contribution in [0.1, 0.15) is 18.1 Å². The van der Waals surface area contributed by atoms with Gasteiger partial charge < -0.3 is 10.2 Å². The highest BCUT2D eigenvalue weighted by atomic mass is 32.2. The lowest BCUT2D eigenvalue weighted by molar-refractivity contribution is -0.139. The van der Waals surface area contributed by atoms with Gasteiger partial charge in [0.25, 0.3) is 0 Å². The number of benzene rings is 2. The number of rotatable bonds is 9. The van der Waals surface area contributed by atoms with Crippen LogP contribution in [0.4, 0.5) is 10.1 Å². The minimum Gasteiger partial charge on any atom is -0.357 e. The second kappa shape index (κ2) is 10.6. The summed E-state index contributed by atoms with van der Waals surface area (Å²) in [5.74, 6) is -1.83. The molecule has 0 heterocycles. The van der Waals surface area contributed by atoms with Gasteiger partial charge in [-0.05, 0) is 37.1 Å². The molecule has 0 saturated heterocycles. The predicted molar refractivity (Wildman–Crippen MR) is 122 cm³/mol. The number of amides is 2. The molecule has 174 valence electrons. The summed E-state index contributed by atoms with van der Waals surface area (Å²) < 4.78 is 42.0. The second-order valence-corrected chi connectivity index (χ2v) is 9.55. The number of hydrogen-bond donors (Lipinski definition) is 1. The quantitative estimate of drug-likeness (QED) is 0.614. The minimum absolute atomic E-state index is 0.0905. The van der Waals surface area contributed by atoms with Gasteiger partial charge in [0, 0.05) is 27.7 Å². The first kappa shape index (κ1) is 25.3. The third-order valence-corrected chi connectivity index (χ3v) is 6.96. The van der Waals surface area contributed by atoms with Crippen LogP contribution in [0.2, 0.25) is 0 Å². The van der Waals surface area contributed by atoms with Gasteiger partial charge in [0.15, 0.2) is 0 Å². The lowest BCUT2D eigenvalue weighted by Gasteiger charge is -2.33. The maximum atomic E-state index is 14.5. The van der Waals surface area contributed by atoms with E-state index < -0.39 is 40.4 Å². The van der Waals surface area contributed by atoms with Crippen LogP contribution in [0.15, 0.2) is 48.5 Å². The first-order chi connectivity index (χ1) is 15.0. The van der Waals surface area contributed by atoms with E-state index >= 15 is 0 Å². The zero-order valence-corrected chi connectivity index (χ0v) is 19.7. The van der Waals surface area contributed by atoms with E-state index in [1.807, 2.05) is 31.2 Å². The Morgan fingerprint density at radius 3 is 2.22 bits per heavy atom. The van der Waals surface area contributed by atoms with Crippen LogP contribution in [0.25, 0.3) is 0 Å². The fraction of sp³-hybridized carbons (Fsp3) is 0.364. The van der Waals surface area contributed by atoms with E-state index in [-0.39, 0.29) is 12.2 Å². The average molecular weight is 465 g/mol. The third-order valence-electron chi connectivity index (χ3n) is 5.16. The van der Waals surface area contributed by atoms with Gasteiger partial charge in [-0.15, -0.1) is 0 Å². The minimum atomic E-state index is -4.20. The number of hydrogen-bond acceptors (Lipinski definition) is 4. The fourth-order valence-electron chi connectivity index (χ4n) is 3.12. The number of carbonyl (C=O) groups is 2. The molecular weight excluding hydrogens is 435 g/mol. The molecule has 10 heteroatoms. The molecule has 2 amide bonds. The van der Waals surface area contributed by atoms with Gasteiger partial charge in [0.2, 0.25) is 11.8 Å². The van der Waals surface area contributed by atoms with Gasteiger partial charge in [-0.25, -0.2) is 8.70 Å². The number of carbonyl (C=O) groups excluding carboxylic acids is 2. The summed E-state index contributed by atoms with van der Waals surface area (Å²) in [6.45, 7) is 2.86. The van der Waals surface area contributed by atoms with Crippen molar-refractivity contribution in [2.45, 2.75) is 26.4 Å². The van der Waals surface area contributed by atoms with Crippen LogP contribution in [0.5, 0.6) is 0 Å². The summed E-state index contributed by atoms with van der Waals surface area (Å²) in [5.41, 5.74) is 1.48. The Labute approximate surface area is 188 Å². The molecule has 0 radical (unpaired) electrons. The van der Waals surface area contributed by atoms with Gasteiger partial charge in [0.1, 0.15) is 18.4 Å². The van der Waals surface area contributed by atoms with Crippen molar-refractivity contribution < 1.29 is 22.4 Å². The topological polar surface area (TPSA) is 90.0 Å². The zero-order chi connectivity index (χ0) is 24.1. The Hall–Kier alpha value is -2.98. The standard InChI is InChI=1S/C22H29FN4O4S/c1-16-10-6-7-11-18(16)14-26(17(2)22(29)24-3)21(28)15-27(32(30,31)25(4)5)20-13-9-8-12-19(20)23/h6-13,17H,14-15H2,1-5H3,(H,24,29). The van der Waals surface area contributed by atoms with E-state index in [2.05, 4.69) is 5.32 Å². The van der Waals surface area contributed by atoms with E-state index in [1.54, 1.807) is 6.92 Å². The SMILES string of the molecule is CNC(=O)C(C)N(Cc1ccccc1C)C(=O)CN(c1ccccc1F)S(=O)(=O)N(C)C. The van der Waals surface area contributed by atoms with Crippen molar-refractivity contribution in [1.29, 1.82) is 0 Å². The van der Waals surface area contributed by atoms with Crippen molar-refractivity contribution in [3.05, 3.63) is 65.5 Å². The molecule has 0 aromatic heterocycles. The maximum Gasteiger partial charge on any atom is 0.304 e. The van der Waals surface area contributed by atoms with Gasteiger partial charge in [-0.3, -0.25) is 9.59 Å². The smallest absolute Gasteiger partial charge is 0.304 e. The molecule has 0 spiro atoms. The van der Waals surface area contributed by atoms with Gasteiger partial charge in [-0.2, -0.15) is 12.7 Å². The number of anilines is 1. The van der Waals surface area contributed by atoms with Crippen molar-refractivity contribution in [2.75, 3.05) is 32.0 Å². The first-order valence-electron chi connectivity index (χ1n) is 10.0. The number of aryl methyl sites for hydroxylation is 1. The monoisotopic (exact) mass is 464 g/mol. The van der Waals surface area contributed by atoms with Gasteiger partial charge >= 0.3 is 10.2 Å². The summed E-state index contributed by atoms with van der Waals surface area (Å²) in [4.78, 5) is 27.0. The average Bonchev–Trinajstić information content (AvgIpc) is 2.76. The normalized spacial score (nSPS) is 12.3. The highest BCUT2D eigenvalue weighted by Crippen LogP contribution is 2.24. The lowest BCUT2D eigenvalue weighted by Crippen LogP contribution is -2.52. The number of nitrogens with zero attached hydrogens (tertiary/aromatic N) is 3.